The highest BCUT2D eigenvalue weighted by molar-refractivity contribution is 6.04. The van der Waals surface area contributed by atoms with E-state index in [0.717, 1.165) is 17.1 Å². The molecular weight excluding hydrogens is 397 g/mol. The lowest BCUT2D eigenvalue weighted by molar-refractivity contribution is -0.182. The lowest BCUT2D eigenvalue weighted by Gasteiger charge is -2.24. The molecule has 0 aromatic carbocycles. The van der Waals surface area contributed by atoms with Crippen molar-refractivity contribution in [1.82, 2.24) is 10.2 Å². The molecule has 2 rings (SSSR count). The van der Waals surface area contributed by atoms with Gasteiger partial charge < -0.3 is 14.7 Å². The average Bonchev–Trinajstić information content (AvgIpc) is 2.94. The number of nitrogens with one attached hydrogen (secondary N) is 1. The van der Waals surface area contributed by atoms with Crippen LogP contribution in [0.3, 0.4) is 0 Å². The predicted molar refractivity (Wildman–Crippen MR) is 91.0 cm³/mol. The monoisotopic (exact) mass is 416 g/mol. The summed E-state index contributed by atoms with van der Waals surface area (Å²) in [6.07, 6.45) is 2.13. The third kappa shape index (κ3) is 4.06. The lowest BCUT2D eigenvalue weighted by atomic mass is 9.88. The topological polar surface area (TPSA) is 113 Å². The van der Waals surface area contributed by atoms with Gasteiger partial charge in [-0.25, -0.2) is 9.59 Å². The van der Waals surface area contributed by atoms with E-state index in [1.165, 1.54) is 0 Å². The van der Waals surface area contributed by atoms with E-state index in [1.807, 2.05) is 0 Å². The first-order valence-electron chi connectivity index (χ1n) is 8.48. The molecular formula is C18H19F3N2O6. The highest BCUT2D eigenvalue weighted by Gasteiger charge is 2.75. The summed E-state index contributed by atoms with van der Waals surface area (Å²) in [6.45, 7) is 1.19. The van der Waals surface area contributed by atoms with Gasteiger partial charge in [0.25, 0.3) is 5.91 Å². The molecule has 1 aliphatic heterocycles. The maximum Gasteiger partial charge on any atom is 0.422 e. The minimum Gasteiger partial charge on any atom is -0.481 e. The van der Waals surface area contributed by atoms with Crippen LogP contribution in [-0.2, 0) is 19.1 Å². The van der Waals surface area contributed by atoms with Crippen LogP contribution in [0, 0.1) is 29.1 Å². The van der Waals surface area contributed by atoms with Crippen LogP contribution in [0.2, 0.25) is 0 Å². The van der Waals surface area contributed by atoms with Crippen molar-refractivity contribution in [3.63, 3.8) is 0 Å². The Labute approximate surface area is 164 Å². The van der Waals surface area contributed by atoms with Crippen LogP contribution >= 0.6 is 0 Å². The van der Waals surface area contributed by atoms with Crippen LogP contribution in [0.15, 0.2) is 12.2 Å². The summed E-state index contributed by atoms with van der Waals surface area (Å²) in [7, 11) is 0. The van der Waals surface area contributed by atoms with Gasteiger partial charge in [-0.1, -0.05) is 25.8 Å². The molecule has 29 heavy (non-hydrogen) atoms. The quantitative estimate of drug-likeness (QED) is 0.280. The van der Waals surface area contributed by atoms with Gasteiger partial charge in [0.05, 0.1) is 12.0 Å². The van der Waals surface area contributed by atoms with Crippen LogP contribution in [-0.4, -0.2) is 59.3 Å². The van der Waals surface area contributed by atoms with Gasteiger partial charge in [0.1, 0.15) is 6.04 Å². The van der Waals surface area contributed by atoms with Gasteiger partial charge >= 0.3 is 24.1 Å². The summed E-state index contributed by atoms with van der Waals surface area (Å²) >= 11 is 0. The van der Waals surface area contributed by atoms with Gasteiger partial charge in [0.2, 0.25) is 0 Å². The Hall–Kier alpha value is -3.03. The Bertz CT molecular complexity index is 813. The Morgan fingerprint density at radius 1 is 1.38 bits per heavy atom. The second-order valence-corrected chi connectivity index (χ2v) is 7.40. The largest absolute Gasteiger partial charge is 0.481 e. The summed E-state index contributed by atoms with van der Waals surface area (Å²) in [5.74, 6) is -1.80. The highest BCUT2D eigenvalue weighted by atomic mass is 19.4. The van der Waals surface area contributed by atoms with E-state index < -0.39 is 59.4 Å². The molecule has 3 atom stereocenters. The Balaban J connectivity index is 2.21. The molecule has 11 heteroatoms. The Morgan fingerprint density at radius 2 is 2.00 bits per heavy atom. The number of carbonyl (C=O) groups excluding carboxylic acids is 3. The van der Waals surface area contributed by atoms with Gasteiger partial charge in [-0.15, -0.1) is 6.42 Å². The number of carboxylic acid groups (broad SMARTS) is 1. The lowest BCUT2D eigenvalue weighted by Crippen LogP contribution is -2.40. The first kappa shape index (κ1) is 22.3. The minimum absolute atomic E-state index is 0.206. The van der Waals surface area contributed by atoms with E-state index in [1.54, 1.807) is 13.8 Å². The van der Waals surface area contributed by atoms with E-state index in [4.69, 9.17) is 6.42 Å². The number of alkyl halides is 3. The first-order chi connectivity index (χ1) is 13.3. The van der Waals surface area contributed by atoms with Crippen molar-refractivity contribution in [3.8, 4) is 12.3 Å². The highest BCUT2D eigenvalue weighted by Crippen LogP contribution is 2.72. The fourth-order valence-corrected chi connectivity index (χ4v) is 3.89. The number of terminal acetylenes is 1. The van der Waals surface area contributed by atoms with E-state index in [2.05, 4.69) is 16.0 Å². The number of amides is 3. The molecule has 0 radical (unpaired) electrons. The molecule has 2 fully saturated rings. The Morgan fingerprint density at radius 3 is 2.52 bits per heavy atom. The summed E-state index contributed by atoms with van der Waals surface area (Å²) in [5.41, 5.74) is -2.49. The number of hydrogen-bond acceptors (Lipinski definition) is 5. The zero-order chi connectivity index (χ0) is 22.2. The van der Waals surface area contributed by atoms with Gasteiger partial charge in [-0.2, -0.15) is 13.2 Å². The SMILES string of the molecule is C#CCN1C(=O)NC(=O)C1C[C@@]1(C(=O)O)[C@H](C=CC(=O)OCC(F)(F)F)C1(C)C. The van der Waals surface area contributed by atoms with Gasteiger partial charge in [0.15, 0.2) is 6.61 Å². The number of rotatable bonds is 7. The second kappa shape index (κ2) is 7.42. The van der Waals surface area contributed by atoms with E-state index in [0.29, 0.717) is 0 Å². The molecule has 2 N–H and O–H groups in total. The smallest absolute Gasteiger partial charge is 0.422 e. The fraction of sp³-hybridized carbons (Fsp3) is 0.556. The summed E-state index contributed by atoms with van der Waals surface area (Å²) in [4.78, 5) is 48.6. The molecule has 0 spiro atoms. The second-order valence-electron chi connectivity index (χ2n) is 7.40. The zero-order valence-corrected chi connectivity index (χ0v) is 15.6. The van der Waals surface area contributed by atoms with Gasteiger partial charge in [0, 0.05) is 12.0 Å². The molecule has 1 aliphatic carbocycles. The molecule has 1 heterocycles. The van der Waals surface area contributed by atoms with Crippen LogP contribution in [0.5, 0.6) is 0 Å². The maximum atomic E-state index is 12.1. The van der Waals surface area contributed by atoms with Crippen molar-refractivity contribution < 1.29 is 42.2 Å². The van der Waals surface area contributed by atoms with E-state index >= 15 is 0 Å². The number of hydrogen-bond donors (Lipinski definition) is 2. The molecule has 1 saturated heterocycles. The number of esters is 1. The van der Waals surface area contributed by atoms with Crippen molar-refractivity contribution in [2.75, 3.05) is 13.2 Å². The number of ether oxygens (including phenoxy) is 1. The standard InChI is InChI=1S/C18H19F3N2O6/c1-4-7-23-10(13(25)22-15(23)28)8-17(14(26)27)11(16(17,2)3)5-6-12(24)29-9-18(19,20)21/h1,5-6,10-11H,7-9H2,2-3H3,(H,26,27)(H,22,25,28)/t10?,11-,17+/m1/s1. The van der Waals surface area contributed by atoms with Crippen molar-refractivity contribution in [2.45, 2.75) is 32.5 Å². The third-order valence-electron chi connectivity index (χ3n) is 5.51. The van der Waals surface area contributed by atoms with Gasteiger partial charge in [-0.05, 0) is 11.8 Å². The molecule has 158 valence electrons. The molecule has 0 bridgehead atoms. The number of carboxylic acids is 1. The predicted octanol–water partition coefficient (Wildman–Crippen LogP) is 1.32. The molecule has 1 unspecified atom stereocenters. The van der Waals surface area contributed by atoms with E-state index in [9.17, 15) is 37.5 Å². The molecule has 0 aromatic rings. The van der Waals surface area contributed by atoms with Crippen LogP contribution in [0.4, 0.5) is 18.0 Å². The third-order valence-corrected chi connectivity index (χ3v) is 5.51. The maximum absolute atomic E-state index is 12.1. The number of urea groups is 1. The van der Waals surface area contributed by atoms with Crippen LogP contribution in [0.25, 0.3) is 0 Å². The van der Waals surface area contributed by atoms with E-state index in [-0.39, 0.29) is 13.0 Å². The van der Waals surface area contributed by atoms with Gasteiger partial charge in [-0.3, -0.25) is 14.9 Å². The average molecular weight is 416 g/mol. The fourth-order valence-electron chi connectivity index (χ4n) is 3.89. The van der Waals surface area contributed by atoms with Crippen LogP contribution in [0.1, 0.15) is 20.3 Å². The van der Waals surface area contributed by atoms with Crippen LogP contribution < -0.4 is 5.32 Å². The minimum atomic E-state index is -4.68. The zero-order valence-electron chi connectivity index (χ0n) is 15.6. The van der Waals surface area contributed by atoms with Crippen molar-refractivity contribution in [3.05, 3.63) is 12.2 Å². The first-order valence-corrected chi connectivity index (χ1v) is 8.48. The van der Waals surface area contributed by atoms with Crippen molar-refractivity contribution >= 4 is 23.9 Å². The normalized spacial score (nSPS) is 28.2. The number of aliphatic carboxylic acids is 1. The molecule has 1 saturated carbocycles. The number of nitrogens with zero attached hydrogens (tertiary/aromatic N) is 1. The number of imide groups is 1. The Kier molecular flexibility index (Phi) is 5.70. The molecule has 0 aromatic heterocycles. The summed E-state index contributed by atoms with van der Waals surface area (Å²) in [6, 6.07) is -1.86. The summed E-state index contributed by atoms with van der Waals surface area (Å²) in [5, 5.41) is 11.9. The molecule has 3 amide bonds. The number of halogens is 3. The van der Waals surface area contributed by atoms with Crippen molar-refractivity contribution in [1.29, 1.82) is 0 Å². The molecule has 8 nitrogen and oxygen atoms in total. The van der Waals surface area contributed by atoms with Crippen molar-refractivity contribution in [2.24, 2.45) is 16.7 Å². The molecule has 2 aliphatic rings. The number of allylic oxidation sites excluding steroid dienone is 1. The summed E-state index contributed by atoms with van der Waals surface area (Å²) < 4.78 is 40.4. The number of carbonyl (C=O) groups is 4.